The molecule has 0 aliphatic rings. The first-order valence-corrected chi connectivity index (χ1v) is 8.40. The molecule has 1 aromatic carbocycles. The van der Waals surface area contributed by atoms with Crippen LogP contribution < -0.4 is 4.74 Å². The SMILES string of the molecule is CCCOc1cccc2c1[nH]c(=S)n2C(C)c1cccs1. The molecule has 21 heavy (non-hydrogen) atoms. The van der Waals surface area contributed by atoms with Gasteiger partial charge in [-0.1, -0.05) is 19.1 Å². The number of ether oxygens (including phenoxy) is 1. The second-order valence-corrected chi connectivity index (χ2v) is 6.36. The van der Waals surface area contributed by atoms with Gasteiger partial charge in [0.2, 0.25) is 0 Å². The quantitative estimate of drug-likeness (QED) is 0.659. The standard InChI is InChI=1S/C16H18N2OS2/c1-3-9-19-13-7-4-6-12-15(13)17-16(20)18(12)11(2)14-8-5-10-21-14/h4-8,10-11H,3,9H2,1-2H3,(H,17,20). The van der Waals surface area contributed by atoms with Gasteiger partial charge < -0.3 is 14.3 Å². The Labute approximate surface area is 133 Å². The van der Waals surface area contributed by atoms with E-state index < -0.39 is 0 Å². The molecule has 110 valence electrons. The van der Waals surface area contributed by atoms with E-state index in [1.807, 2.05) is 12.1 Å². The summed E-state index contributed by atoms with van der Waals surface area (Å²) in [5.41, 5.74) is 2.08. The molecule has 0 saturated carbocycles. The summed E-state index contributed by atoms with van der Waals surface area (Å²) in [5, 5.41) is 2.10. The molecule has 0 saturated heterocycles. The van der Waals surface area contributed by atoms with Crippen LogP contribution in [0.5, 0.6) is 5.75 Å². The lowest BCUT2D eigenvalue weighted by molar-refractivity contribution is 0.320. The zero-order valence-corrected chi connectivity index (χ0v) is 13.8. The van der Waals surface area contributed by atoms with Crippen molar-refractivity contribution < 1.29 is 4.74 Å². The average Bonchev–Trinajstić information content (AvgIpc) is 3.11. The number of aromatic nitrogens is 2. The van der Waals surface area contributed by atoms with Crippen molar-refractivity contribution in [3.63, 3.8) is 0 Å². The molecule has 5 heteroatoms. The summed E-state index contributed by atoms with van der Waals surface area (Å²) in [6.07, 6.45) is 0.990. The maximum Gasteiger partial charge on any atom is 0.178 e. The van der Waals surface area contributed by atoms with Gasteiger partial charge in [0.25, 0.3) is 0 Å². The van der Waals surface area contributed by atoms with Crippen LogP contribution in [0.25, 0.3) is 11.0 Å². The predicted molar refractivity (Wildman–Crippen MR) is 91.0 cm³/mol. The summed E-state index contributed by atoms with van der Waals surface area (Å²) < 4.78 is 8.72. The van der Waals surface area contributed by atoms with E-state index in [1.165, 1.54) is 4.88 Å². The fourth-order valence-corrected chi connectivity index (χ4v) is 3.63. The number of benzene rings is 1. The van der Waals surface area contributed by atoms with Crippen LogP contribution in [0.1, 0.15) is 31.2 Å². The van der Waals surface area contributed by atoms with Gasteiger partial charge in [-0.25, -0.2) is 0 Å². The molecule has 2 aromatic heterocycles. The molecule has 1 N–H and O–H groups in total. The Bertz CT molecular complexity index is 786. The maximum atomic E-state index is 5.82. The van der Waals surface area contributed by atoms with Gasteiger partial charge in [-0.3, -0.25) is 0 Å². The minimum absolute atomic E-state index is 0.215. The Balaban J connectivity index is 2.12. The Morgan fingerprint density at radius 2 is 2.19 bits per heavy atom. The summed E-state index contributed by atoms with van der Waals surface area (Å²) in [5.74, 6) is 0.873. The Morgan fingerprint density at radius 3 is 2.90 bits per heavy atom. The molecule has 0 aliphatic heterocycles. The highest BCUT2D eigenvalue weighted by molar-refractivity contribution is 7.71. The van der Waals surface area contributed by atoms with E-state index in [1.54, 1.807) is 11.3 Å². The molecule has 0 fully saturated rings. The van der Waals surface area contributed by atoms with E-state index in [9.17, 15) is 0 Å². The minimum Gasteiger partial charge on any atom is -0.491 e. The molecule has 3 nitrogen and oxygen atoms in total. The minimum atomic E-state index is 0.215. The fraction of sp³-hybridized carbons (Fsp3) is 0.312. The number of hydrogen-bond acceptors (Lipinski definition) is 3. The van der Waals surface area contributed by atoms with Gasteiger partial charge in [0.15, 0.2) is 4.77 Å². The van der Waals surface area contributed by atoms with Gasteiger partial charge in [-0.15, -0.1) is 11.3 Å². The Morgan fingerprint density at radius 1 is 1.33 bits per heavy atom. The number of hydrogen-bond donors (Lipinski definition) is 1. The number of imidazole rings is 1. The first kappa shape index (κ1) is 14.4. The highest BCUT2D eigenvalue weighted by Crippen LogP contribution is 2.31. The number of H-pyrrole nitrogens is 1. The molecule has 1 atom stereocenters. The maximum absolute atomic E-state index is 5.82. The van der Waals surface area contributed by atoms with Crippen molar-refractivity contribution in [2.45, 2.75) is 26.3 Å². The predicted octanol–water partition coefficient (Wildman–Crippen LogP) is 5.16. The fourth-order valence-electron chi connectivity index (χ4n) is 2.50. The summed E-state index contributed by atoms with van der Waals surface area (Å²) in [4.78, 5) is 4.60. The molecule has 1 unspecified atom stereocenters. The lowest BCUT2D eigenvalue weighted by atomic mass is 10.2. The molecule has 3 aromatic rings. The van der Waals surface area contributed by atoms with Crippen molar-refractivity contribution in [3.05, 3.63) is 45.4 Å². The second-order valence-electron chi connectivity index (χ2n) is 4.99. The number of aromatic amines is 1. The second kappa shape index (κ2) is 6.03. The Kier molecular flexibility index (Phi) is 4.12. The summed E-state index contributed by atoms with van der Waals surface area (Å²) in [6.45, 7) is 4.99. The zero-order valence-electron chi connectivity index (χ0n) is 12.1. The molecule has 0 amide bonds. The van der Waals surface area contributed by atoms with Crippen molar-refractivity contribution in [2.75, 3.05) is 6.61 Å². The lowest BCUT2D eigenvalue weighted by Gasteiger charge is -2.13. The molecular weight excluding hydrogens is 300 g/mol. The molecule has 2 heterocycles. The van der Waals surface area contributed by atoms with E-state index in [0.29, 0.717) is 6.61 Å². The molecular formula is C16H18N2OS2. The van der Waals surface area contributed by atoms with E-state index >= 15 is 0 Å². The zero-order chi connectivity index (χ0) is 14.8. The molecule has 0 spiro atoms. The highest BCUT2D eigenvalue weighted by atomic mass is 32.1. The van der Waals surface area contributed by atoms with Crippen LogP contribution >= 0.6 is 23.6 Å². The van der Waals surface area contributed by atoms with Crippen molar-refractivity contribution in [3.8, 4) is 5.75 Å². The summed E-state index contributed by atoms with van der Waals surface area (Å²) in [7, 11) is 0. The third kappa shape index (κ3) is 2.63. The number of rotatable bonds is 5. The molecule has 0 bridgehead atoms. The van der Waals surface area contributed by atoms with E-state index in [0.717, 1.165) is 28.0 Å². The van der Waals surface area contributed by atoms with Crippen LogP contribution in [-0.4, -0.2) is 16.2 Å². The normalized spacial score (nSPS) is 12.7. The van der Waals surface area contributed by atoms with Crippen LogP contribution in [0.2, 0.25) is 0 Å². The van der Waals surface area contributed by atoms with E-state index in [2.05, 4.69) is 47.0 Å². The van der Waals surface area contributed by atoms with Crippen LogP contribution in [0, 0.1) is 4.77 Å². The van der Waals surface area contributed by atoms with Gasteiger partial charge in [0.05, 0.1) is 18.2 Å². The monoisotopic (exact) mass is 318 g/mol. The topological polar surface area (TPSA) is 29.9 Å². The lowest BCUT2D eigenvalue weighted by Crippen LogP contribution is -2.05. The smallest absolute Gasteiger partial charge is 0.178 e. The van der Waals surface area contributed by atoms with Gasteiger partial charge in [0, 0.05) is 4.88 Å². The number of para-hydroxylation sites is 1. The van der Waals surface area contributed by atoms with Gasteiger partial charge >= 0.3 is 0 Å². The number of thiophene rings is 1. The van der Waals surface area contributed by atoms with E-state index in [4.69, 9.17) is 17.0 Å². The van der Waals surface area contributed by atoms with Crippen molar-refractivity contribution in [1.82, 2.24) is 9.55 Å². The number of nitrogens with zero attached hydrogens (tertiary/aromatic N) is 1. The van der Waals surface area contributed by atoms with Gasteiger partial charge in [0.1, 0.15) is 11.3 Å². The molecule has 0 aliphatic carbocycles. The number of fused-ring (bicyclic) bond motifs is 1. The summed E-state index contributed by atoms with van der Waals surface area (Å²) >= 11 is 7.28. The van der Waals surface area contributed by atoms with Crippen molar-refractivity contribution >= 4 is 34.6 Å². The highest BCUT2D eigenvalue weighted by Gasteiger charge is 2.15. The van der Waals surface area contributed by atoms with Crippen LogP contribution in [0.15, 0.2) is 35.7 Å². The first-order chi connectivity index (χ1) is 10.2. The molecule has 0 radical (unpaired) electrons. The number of nitrogens with one attached hydrogen (secondary N) is 1. The third-order valence-corrected chi connectivity index (χ3v) is 4.86. The molecule has 3 rings (SSSR count). The van der Waals surface area contributed by atoms with Crippen LogP contribution in [0.4, 0.5) is 0 Å². The third-order valence-electron chi connectivity index (χ3n) is 3.52. The van der Waals surface area contributed by atoms with Crippen LogP contribution in [-0.2, 0) is 0 Å². The van der Waals surface area contributed by atoms with E-state index in [-0.39, 0.29) is 6.04 Å². The largest absolute Gasteiger partial charge is 0.491 e. The average molecular weight is 318 g/mol. The van der Waals surface area contributed by atoms with Gasteiger partial charge in [-0.05, 0) is 49.1 Å². The van der Waals surface area contributed by atoms with Crippen molar-refractivity contribution in [1.29, 1.82) is 0 Å². The van der Waals surface area contributed by atoms with Gasteiger partial charge in [-0.2, -0.15) is 0 Å². The van der Waals surface area contributed by atoms with Crippen LogP contribution in [0.3, 0.4) is 0 Å². The summed E-state index contributed by atoms with van der Waals surface area (Å²) in [6, 6.07) is 10.5. The first-order valence-electron chi connectivity index (χ1n) is 7.11. The Hall–Kier alpha value is -1.59. The van der Waals surface area contributed by atoms with Crippen molar-refractivity contribution in [2.24, 2.45) is 0 Å².